The van der Waals surface area contributed by atoms with Crippen LogP contribution in [0.2, 0.25) is 0 Å². The lowest BCUT2D eigenvalue weighted by Crippen LogP contribution is -2.16. The predicted molar refractivity (Wildman–Crippen MR) is 114 cm³/mol. The molecule has 1 aliphatic heterocycles. The summed E-state index contributed by atoms with van der Waals surface area (Å²) in [6, 6.07) is 16.6. The number of aromatic nitrogens is 2. The number of anilines is 2. The normalized spacial score (nSPS) is 16.4. The Morgan fingerprint density at radius 1 is 1.13 bits per heavy atom. The van der Waals surface area contributed by atoms with Crippen LogP contribution in [0.5, 0.6) is 5.75 Å². The van der Waals surface area contributed by atoms with Crippen molar-refractivity contribution in [3.05, 3.63) is 66.5 Å². The molecule has 0 amide bonds. The molecule has 156 valence electrons. The predicted octanol–water partition coefficient (Wildman–Crippen LogP) is 2.84. The van der Waals surface area contributed by atoms with Crippen LogP contribution in [-0.2, 0) is 20.5 Å². The molecular weight excluding hydrogens is 404 g/mol. The average molecular weight is 426 g/mol. The summed E-state index contributed by atoms with van der Waals surface area (Å²) < 4.78 is 34.2. The third-order valence-electron chi connectivity index (χ3n) is 4.58. The minimum Gasteiger partial charge on any atom is -0.487 e. The van der Waals surface area contributed by atoms with Gasteiger partial charge in [-0.1, -0.05) is 24.3 Å². The third-order valence-corrected chi connectivity index (χ3v) is 5.31. The number of ether oxygens (including phenoxy) is 2. The second kappa shape index (κ2) is 8.78. The number of sulfonamides is 1. The zero-order valence-corrected chi connectivity index (χ0v) is 17.0. The minimum absolute atomic E-state index is 0.0344. The quantitative estimate of drug-likeness (QED) is 0.597. The maximum atomic E-state index is 11.3. The zero-order chi connectivity index (χ0) is 21.0. The highest BCUT2D eigenvalue weighted by Gasteiger charge is 2.19. The summed E-state index contributed by atoms with van der Waals surface area (Å²) in [5.74, 6) is 1.09. The van der Waals surface area contributed by atoms with Crippen LogP contribution < -0.4 is 15.2 Å². The number of nitrogens with one attached hydrogen (secondary N) is 1. The van der Waals surface area contributed by atoms with Crippen molar-refractivity contribution in [1.29, 1.82) is 0 Å². The van der Waals surface area contributed by atoms with Crippen molar-refractivity contribution in [2.75, 3.05) is 18.5 Å². The lowest BCUT2D eigenvalue weighted by atomic mass is 10.1. The fourth-order valence-corrected chi connectivity index (χ4v) is 3.90. The summed E-state index contributed by atoms with van der Waals surface area (Å²) in [6.07, 6.45) is 2.37. The molecule has 1 fully saturated rings. The smallest absolute Gasteiger partial charge is 0.213 e. The van der Waals surface area contributed by atoms with Crippen molar-refractivity contribution in [3.63, 3.8) is 0 Å². The molecule has 1 unspecified atom stereocenters. The number of nitrogens with zero attached hydrogens (tertiary/aromatic N) is 2. The van der Waals surface area contributed by atoms with E-state index in [9.17, 15) is 8.42 Å². The van der Waals surface area contributed by atoms with Crippen LogP contribution in [0.25, 0.3) is 11.3 Å². The minimum atomic E-state index is -3.60. The van der Waals surface area contributed by atoms with Crippen molar-refractivity contribution in [2.45, 2.75) is 18.3 Å². The highest BCUT2D eigenvalue weighted by atomic mass is 32.2. The van der Waals surface area contributed by atoms with Gasteiger partial charge in [0.05, 0.1) is 24.7 Å². The lowest BCUT2D eigenvalue weighted by molar-refractivity contribution is 0.141. The van der Waals surface area contributed by atoms with Crippen molar-refractivity contribution in [1.82, 2.24) is 9.97 Å². The molecule has 8 nitrogen and oxygen atoms in total. The largest absolute Gasteiger partial charge is 0.487 e. The van der Waals surface area contributed by atoms with E-state index >= 15 is 0 Å². The van der Waals surface area contributed by atoms with Crippen molar-refractivity contribution in [3.8, 4) is 17.0 Å². The van der Waals surface area contributed by atoms with Gasteiger partial charge in [-0.15, -0.1) is 0 Å². The Kier molecular flexibility index (Phi) is 5.93. The first kappa shape index (κ1) is 20.3. The van der Waals surface area contributed by atoms with Gasteiger partial charge in [0.2, 0.25) is 10.0 Å². The Hall–Kier alpha value is -3.01. The molecule has 1 aliphatic rings. The standard InChI is InChI=1S/C21H22N4O4S/c22-30(26,27)13-15-4-3-5-16(10-15)25-21-11-19(23-14-24-21)18-6-1-2-7-20(18)29-17-8-9-28-12-17/h1-7,10-11,14,17H,8-9,12-13H2,(H2,22,26,27)(H,23,24,25). The molecule has 3 N–H and O–H groups in total. The van der Waals surface area contributed by atoms with Crippen LogP contribution in [0.1, 0.15) is 12.0 Å². The molecule has 0 saturated carbocycles. The Morgan fingerprint density at radius 3 is 2.80 bits per heavy atom. The molecule has 0 spiro atoms. The van der Waals surface area contributed by atoms with Crippen LogP contribution in [0.4, 0.5) is 11.5 Å². The number of primary sulfonamides is 1. The highest BCUT2D eigenvalue weighted by molar-refractivity contribution is 7.88. The zero-order valence-electron chi connectivity index (χ0n) is 16.2. The van der Waals surface area contributed by atoms with Crippen LogP contribution in [0.15, 0.2) is 60.9 Å². The summed E-state index contributed by atoms with van der Waals surface area (Å²) >= 11 is 0. The van der Waals surface area contributed by atoms with E-state index in [0.29, 0.717) is 36.0 Å². The fraction of sp³-hybridized carbons (Fsp3) is 0.238. The van der Waals surface area contributed by atoms with Gasteiger partial charge in [0, 0.05) is 23.7 Å². The molecule has 0 bridgehead atoms. The van der Waals surface area contributed by atoms with Gasteiger partial charge in [-0.3, -0.25) is 0 Å². The van der Waals surface area contributed by atoms with E-state index in [4.69, 9.17) is 14.6 Å². The van der Waals surface area contributed by atoms with Crippen LogP contribution in [0.3, 0.4) is 0 Å². The summed E-state index contributed by atoms with van der Waals surface area (Å²) in [6.45, 7) is 1.29. The van der Waals surface area contributed by atoms with E-state index in [1.54, 1.807) is 18.2 Å². The van der Waals surface area contributed by atoms with Crippen molar-refractivity contribution >= 4 is 21.5 Å². The van der Waals surface area contributed by atoms with Crippen LogP contribution in [0, 0.1) is 0 Å². The van der Waals surface area contributed by atoms with E-state index in [-0.39, 0.29) is 11.9 Å². The SMILES string of the molecule is NS(=O)(=O)Cc1cccc(Nc2cc(-c3ccccc3OC3CCOC3)ncn2)c1. The molecule has 0 radical (unpaired) electrons. The number of benzene rings is 2. The molecular formula is C21H22N4O4S. The Bertz CT molecular complexity index is 1130. The summed E-state index contributed by atoms with van der Waals surface area (Å²) in [5, 5.41) is 8.32. The molecule has 9 heteroatoms. The van der Waals surface area contributed by atoms with E-state index in [0.717, 1.165) is 17.7 Å². The molecule has 0 aliphatic carbocycles. The molecule has 2 heterocycles. The number of para-hydroxylation sites is 1. The number of hydrogen-bond acceptors (Lipinski definition) is 7. The summed E-state index contributed by atoms with van der Waals surface area (Å²) in [5.41, 5.74) is 2.86. The first-order valence-electron chi connectivity index (χ1n) is 9.48. The molecule has 1 aromatic heterocycles. The maximum absolute atomic E-state index is 11.3. The van der Waals surface area contributed by atoms with Gasteiger partial charge in [-0.25, -0.2) is 23.5 Å². The second-order valence-corrected chi connectivity index (χ2v) is 8.64. The highest BCUT2D eigenvalue weighted by Crippen LogP contribution is 2.31. The first-order valence-corrected chi connectivity index (χ1v) is 11.2. The van der Waals surface area contributed by atoms with Gasteiger partial charge in [0.1, 0.15) is 24.0 Å². The molecule has 3 aromatic rings. The molecule has 1 saturated heterocycles. The Morgan fingerprint density at radius 2 is 2.00 bits per heavy atom. The van der Waals surface area contributed by atoms with E-state index in [2.05, 4.69) is 15.3 Å². The topological polar surface area (TPSA) is 116 Å². The summed E-state index contributed by atoms with van der Waals surface area (Å²) in [4.78, 5) is 8.67. The van der Waals surface area contributed by atoms with Crippen molar-refractivity contribution in [2.24, 2.45) is 5.14 Å². The van der Waals surface area contributed by atoms with Gasteiger partial charge in [0.15, 0.2) is 0 Å². The number of rotatable bonds is 7. The van der Waals surface area contributed by atoms with Gasteiger partial charge in [-0.2, -0.15) is 0 Å². The van der Waals surface area contributed by atoms with Gasteiger partial charge in [0.25, 0.3) is 0 Å². The van der Waals surface area contributed by atoms with Crippen molar-refractivity contribution < 1.29 is 17.9 Å². The van der Waals surface area contributed by atoms with E-state index in [1.807, 2.05) is 36.4 Å². The second-order valence-electron chi connectivity index (χ2n) is 7.02. The van der Waals surface area contributed by atoms with Gasteiger partial charge < -0.3 is 14.8 Å². The number of nitrogens with two attached hydrogens (primary N) is 1. The maximum Gasteiger partial charge on any atom is 0.213 e. The van der Waals surface area contributed by atoms with E-state index < -0.39 is 10.0 Å². The fourth-order valence-electron chi connectivity index (χ4n) is 3.26. The van der Waals surface area contributed by atoms with Gasteiger partial charge >= 0.3 is 0 Å². The summed E-state index contributed by atoms with van der Waals surface area (Å²) in [7, 11) is -3.60. The Balaban J connectivity index is 1.56. The van der Waals surface area contributed by atoms with E-state index in [1.165, 1.54) is 6.33 Å². The Labute approximate surface area is 175 Å². The molecule has 30 heavy (non-hydrogen) atoms. The van der Waals surface area contributed by atoms with Crippen LogP contribution in [-0.4, -0.2) is 37.7 Å². The third kappa shape index (κ3) is 5.32. The average Bonchev–Trinajstić information content (AvgIpc) is 3.21. The molecule has 2 aromatic carbocycles. The molecule has 4 rings (SSSR count). The lowest BCUT2D eigenvalue weighted by Gasteiger charge is -2.15. The number of hydrogen-bond donors (Lipinski definition) is 2. The monoisotopic (exact) mass is 426 g/mol. The van der Waals surface area contributed by atoms with Gasteiger partial charge in [-0.05, 0) is 29.8 Å². The molecule has 1 atom stereocenters. The van der Waals surface area contributed by atoms with Crippen LogP contribution >= 0.6 is 0 Å². The first-order chi connectivity index (χ1) is 14.5.